The third-order valence-electron chi connectivity index (χ3n) is 4.71. The molecule has 1 heterocycles. The Morgan fingerprint density at radius 2 is 1.66 bits per heavy atom. The van der Waals surface area contributed by atoms with Gasteiger partial charge in [-0.1, -0.05) is 36.4 Å². The fourth-order valence-corrected chi connectivity index (χ4v) is 3.09. The average molecular weight is 398 g/mol. The fourth-order valence-electron chi connectivity index (χ4n) is 3.09. The summed E-state index contributed by atoms with van der Waals surface area (Å²) < 4.78 is 0. The SMILES string of the molecule is Cc1ccc(C)c(NC(=O)CCN2CCc3ccccc3C2)c1.O=C(O)C(=O)O. The van der Waals surface area contributed by atoms with Crippen molar-refractivity contribution in [2.45, 2.75) is 33.2 Å². The standard InChI is InChI=1S/C20H24N2O.C2H2O4/c1-15-7-8-16(2)19(13-15)21-20(23)10-12-22-11-9-17-5-3-4-6-18(17)14-22;3-1(4)2(5)6/h3-8,13H,9-12,14H2,1-2H3,(H,21,23);(H,3,4)(H,5,6). The van der Waals surface area contributed by atoms with Crippen molar-refractivity contribution in [3.63, 3.8) is 0 Å². The van der Waals surface area contributed by atoms with Gasteiger partial charge in [-0.2, -0.15) is 0 Å². The zero-order valence-corrected chi connectivity index (χ0v) is 16.6. The predicted octanol–water partition coefficient (Wildman–Crippen LogP) is 2.85. The van der Waals surface area contributed by atoms with Gasteiger partial charge in [0.1, 0.15) is 0 Å². The average Bonchev–Trinajstić information content (AvgIpc) is 2.69. The second-order valence-corrected chi connectivity index (χ2v) is 7.02. The van der Waals surface area contributed by atoms with Crippen LogP contribution in [0.1, 0.15) is 28.7 Å². The summed E-state index contributed by atoms with van der Waals surface area (Å²) in [4.78, 5) is 32.8. The van der Waals surface area contributed by atoms with Gasteiger partial charge in [-0.05, 0) is 48.6 Å². The molecule has 1 amide bonds. The molecule has 29 heavy (non-hydrogen) atoms. The molecule has 0 radical (unpaired) electrons. The molecular weight excluding hydrogens is 372 g/mol. The van der Waals surface area contributed by atoms with Crippen LogP contribution >= 0.6 is 0 Å². The minimum Gasteiger partial charge on any atom is -0.473 e. The van der Waals surface area contributed by atoms with Gasteiger partial charge in [0, 0.05) is 31.7 Å². The van der Waals surface area contributed by atoms with E-state index in [1.54, 1.807) is 0 Å². The number of aryl methyl sites for hydroxylation is 2. The van der Waals surface area contributed by atoms with Crippen LogP contribution in [0.15, 0.2) is 42.5 Å². The van der Waals surface area contributed by atoms with E-state index in [-0.39, 0.29) is 5.91 Å². The lowest BCUT2D eigenvalue weighted by Crippen LogP contribution is -2.33. The maximum atomic E-state index is 12.2. The van der Waals surface area contributed by atoms with E-state index in [2.05, 4.69) is 40.5 Å². The van der Waals surface area contributed by atoms with Crippen LogP contribution < -0.4 is 5.32 Å². The molecule has 2 aromatic rings. The first kappa shape index (κ1) is 22.1. The first-order valence-corrected chi connectivity index (χ1v) is 9.38. The maximum absolute atomic E-state index is 12.2. The number of benzene rings is 2. The highest BCUT2D eigenvalue weighted by molar-refractivity contribution is 6.27. The lowest BCUT2D eigenvalue weighted by Gasteiger charge is -2.28. The second-order valence-electron chi connectivity index (χ2n) is 7.02. The predicted molar refractivity (Wildman–Crippen MR) is 110 cm³/mol. The highest BCUT2D eigenvalue weighted by Gasteiger charge is 2.16. The molecule has 0 aliphatic carbocycles. The van der Waals surface area contributed by atoms with Crippen molar-refractivity contribution in [2.75, 3.05) is 18.4 Å². The number of aliphatic carboxylic acids is 2. The minimum atomic E-state index is -1.82. The number of rotatable bonds is 4. The Labute approximate surface area is 170 Å². The number of nitrogens with zero attached hydrogens (tertiary/aromatic N) is 1. The van der Waals surface area contributed by atoms with Gasteiger partial charge >= 0.3 is 11.9 Å². The van der Waals surface area contributed by atoms with E-state index in [9.17, 15) is 4.79 Å². The normalized spacial score (nSPS) is 12.9. The van der Waals surface area contributed by atoms with Gasteiger partial charge < -0.3 is 15.5 Å². The summed E-state index contributed by atoms with van der Waals surface area (Å²) in [7, 11) is 0. The van der Waals surface area contributed by atoms with Crippen molar-refractivity contribution in [1.82, 2.24) is 4.90 Å². The molecule has 3 N–H and O–H groups in total. The first-order valence-electron chi connectivity index (χ1n) is 9.38. The third-order valence-corrected chi connectivity index (χ3v) is 4.71. The van der Waals surface area contributed by atoms with Gasteiger partial charge in [0.15, 0.2) is 0 Å². The van der Waals surface area contributed by atoms with Crippen LogP contribution in [-0.4, -0.2) is 46.0 Å². The van der Waals surface area contributed by atoms with Crippen LogP contribution in [0.25, 0.3) is 0 Å². The van der Waals surface area contributed by atoms with E-state index < -0.39 is 11.9 Å². The summed E-state index contributed by atoms with van der Waals surface area (Å²) in [5.41, 5.74) is 6.05. The van der Waals surface area contributed by atoms with Gasteiger partial charge in [0.2, 0.25) is 5.91 Å². The van der Waals surface area contributed by atoms with Gasteiger partial charge in [0.25, 0.3) is 0 Å². The van der Waals surface area contributed by atoms with E-state index >= 15 is 0 Å². The van der Waals surface area contributed by atoms with Gasteiger partial charge in [-0.15, -0.1) is 0 Å². The zero-order chi connectivity index (χ0) is 21.4. The molecule has 3 rings (SSSR count). The Kier molecular flexibility index (Phi) is 7.91. The molecule has 0 bridgehead atoms. The molecule has 0 saturated heterocycles. The third kappa shape index (κ3) is 7.04. The van der Waals surface area contributed by atoms with Crippen LogP contribution in [0.5, 0.6) is 0 Å². The number of carboxylic acids is 2. The summed E-state index contributed by atoms with van der Waals surface area (Å²) in [5, 5.41) is 17.8. The Morgan fingerprint density at radius 3 is 2.31 bits per heavy atom. The Bertz CT molecular complexity index is 883. The first-order chi connectivity index (χ1) is 13.8. The molecule has 0 aromatic heterocycles. The number of hydrogen-bond acceptors (Lipinski definition) is 4. The molecule has 0 spiro atoms. The monoisotopic (exact) mass is 398 g/mol. The molecule has 7 nitrogen and oxygen atoms in total. The van der Waals surface area contributed by atoms with Crippen molar-refractivity contribution >= 4 is 23.5 Å². The lowest BCUT2D eigenvalue weighted by atomic mass is 10.00. The van der Waals surface area contributed by atoms with Crippen LogP contribution in [-0.2, 0) is 27.3 Å². The number of nitrogens with one attached hydrogen (secondary N) is 1. The van der Waals surface area contributed by atoms with Crippen molar-refractivity contribution < 1.29 is 24.6 Å². The molecular formula is C22H26N2O5. The Balaban J connectivity index is 0.000000438. The van der Waals surface area contributed by atoms with Gasteiger partial charge in [-0.25, -0.2) is 9.59 Å². The summed E-state index contributed by atoms with van der Waals surface area (Å²) in [5.74, 6) is -3.55. The topological polar surface area (TPSA) is 107 Å². The molecule has 0 fully saturated rings. The number of fused-ring (bicyclic) bond motifs is 1. The van der Waals surface area contributed by atoms with Crippen molar-refractivity contribution in [2.24, 2.45) is 0 Å². The number of amides is 1. The fraction of sp³-hybridized carbons (Fsp3) is 0.318. The second kappa shape index (κ2) is 10.4. The lowest BCUT2D eigenvalue weighted by molar-refractivity contribution is -0.159. The van der Waals surface area contributed by atoms with E-state index in [1.807, 2.05) is 26.0 Å². The minimum absolute atomic E-state index is 0.0950. The van der Waals surface area contributed by atoms with Crippen molar-refractivity contribution in [3.8, 4) is 0 Å². The molecule has 2 aromatic carbocycles. The van der Waals surface area contributed by atoms with Crippen molar-refractivity contribution in [1.29, 1.82) is 0 Å². The van der Waals surface area contributed by atoms with E-state index in [1.165, 1.54) is 16.7 Å². The van der Waals surface area contributed by atoms with Crippen LogP contribution in [0.4, 0.5) is 5.69 Å². The number of hydrogen-bond donors (Lipinski definition) is 3. The molecule has 0 saturated carbocycles. The van der Waals surface area contributed by atoms with Crippen LogP contribution in [0, 0.1) is 13.8 Å². The molecule has 0 unspecified atom stereocenters. The quantitative estimate of drug-likeness (QED) is 0.684. The summed E-state index contributed by atoms with van der Waals surface area (Å²) in [6, 6.07) is 14.7. The molecule has 1 aliphatic heterocycles. The summed E-state index contributed by atoms with van der Waals surface area (Å²) in [6.07, 6.45) is 1.62. The summed E-state index contributed by atoms with van der Waals surface area (Å²) >= 11 is 0. The highest BCUT2D eigenvalue weighted by Crippen LogP contribution is 2.19. The molecule has 7 heteroatoms. The number of carbonyl (C=O) groups excluding carboxylic acids is 1. The Morgan fingerprint density at radius 1 is 1.00 bits per heavy atom. The largest absolute Gasteiger partial charge is 0.473 e. The highest BCUT2D eigenvalue weighted by atomic mass is 16.4. The molecule has 0 atom stereocenters. The van der Waals surface area contributed by atoms with Gasteiger partial charge in [-0.3, -0.25) is 9.69 Å². The smallest absolute Gasteiger partial charge is 0.414 e. The zero-order valence-electron chi connectivity index (χ0n) is 16.6. The number of anilines is 1. The number of carbonyl (C=O) groups is 3. The van der Waals surface area contributed by atoms with Crippen LogP contribution in [0.3, 0.4) is 0 Å². The molecule has 154 valence electrons. The van der Waals surface area contributed by atoms with Crippen LogP contribution in [0.2, 0.25) is 0 Å². The molecule has 1 aliphatic rings. The van der Waals surface area contributed by atoms with E-state index in [0.29, 0.717) is 6.42 Å². The van der Waals surface area contributed by atoms with E-state index in [4.69, 9.17) is 19.8 Å². The van der Waals surface area contributed by atoms with Gasteiger partial charge in [0.05, 0.1) is 0 Å². The van der Waals surface area contributed by atoms with Crippen molar-refractivity contribution in [3.05, 3.63) is 64.7 Å². The number of carboxylic acid groups (broad SMARTS) is 2. The summed E-state index contributed by atoms with van der Waals surface area (Å²) in [6.45, 7) is 6.86. The maximum Gasteiger partial charge on any atom is 0.414 e. The van der Waals surface area contributed by atoms with E-state index in [0.717, 1.165) is 37.3 Å². The Hall–Kier alpha value is -3.19.